The van der Waals surface area contributed by atoms with Crippen LogP contribution in [0.1, 0.15) is 16.7 Å². The first kappa shape index (κ1) is 12.6. The number of halogens is 1. The number of nitrogens with zero attached hydrogens (tertiary/aromatic N) is 1. The van der Waals surface area contributed by atoms with Crippen molar-refractivity contribution in [1.29, 1.82) is 5.26 Å². The average Bonchev–Trinajstić information content (AvgIpc) is 2.41. The van der Waals surface area contributed by atoms with Gasteiger partial charge < -0.3 is 4.74 Å². The second-order valence-corrected chi connectivity index (χ2v) is 4.26. The van der Waals surface area contributed by atoms with E-state index >= 15 is 0 Å². The normalized spacial score (nSPS) is 10.0. The molecule has 0 aliphatic heterocycles. The van der Waals surface area contributed by atoms with Gasteiger partial charge in [-0.05, 0) is 23.3 Å². The highest BCUT2D eigenvalue weighted by Gasteiger charge is 2.02. The highest BCUT2D eigenvalue weighted by molar-refractivity contribution is 6.31. The van der Waals surface area contributed by atoms with Crippen molar-refractivity contribution in [3.63, 3.8) is 0 Å². The van der Waals surface area contributed by atoms with Gasteiger partial charge in [0.05, 0.1) is 24.8 Å². The fraction of sp³-hybridized carbons (Fsp3) is 0.133. The number of ether oxygens (including phenoxy) is 1. The van der Waals surface area contributed by atoms with Gasteiger partial charge in [-0.25, -0.2) is 0 Å². The molecule has 3 heteroatoms. The lowest BCUT2D eigenvalue weighted by Gasteiger charge is -2.07. The van der Waals surface area contributed by atoms with Crippen LogP contribution in [0.15, 0.2) is 48.5 Å². The summed E-state index contributed by atoms with van der Waals surface area (Å²) in [6.45, 7) is 0.856. The maximum Gasteiger partial charge on any atom is 0.0995 e. The Kier molecular flexibility index (Phi) is 4.35. The molecule has 0 atom stereocenters. The zero-order valence-corrected chi connectivity index (χ0v) is 10.5. The monoisotopic (exact) mass is 257 g/mol. The lowest BCUT2D eigenvalue weighted by molar-refractivity contribution is 0.107. The Balaban J connectivity index is 1.97. The van der Waals surface area contributed by atoms with Crippen LogP contribution in [0.2, 0.25) is 5.02 Å². The maximum atomic E-state index is 8.95. The Morgan fingerprint density at radius 3 is 2.28 bits per heavy atom. The first-order valence-electron chi connectivity index (χ1n) is 5.60. The molecule has 0 bridgehead atoms. The first-order chi connectivity index (χ1) is 8.81. The molecule has 0 unspecified atom stereocenters. The summed E-state index contributed by atoms with van der Waals surface area (Å²) in [6.07, 6.45) is 0. The van der Waals surface area contributed by atoms with Crippen molar-refractivity contribution >= 4 is 11.6 Å². The second-order valence-electron chi connectivity index (χ2n) is 3.85. The molecule has 2 rings (SSSR count). The topological polar surface area (TPSA) is 33.0 Å². The van der Waals surface area contributed by atoms with Gasteiger partial charge in [-0.1, -0.05) is 48.0 Å². The van der Waals surface area contributed by atoms with E-state index in [1.807, 2.05) is 42.5 Å². The van der Waals surface area contributed by atoms with Gasteiger partial charge in [-0.2, -0.15) is 5.26 Å². The van der Waals surface area contributed by atoms with Gasteiger partial charge in [0.1, 0.15) is 0 Å². The first-order valence-corrected chi connectivity index (χ1v) is 5.98. The Bertz CT molecular complexity index is 575. The molecule has 0 fully saturated rings. The Morgan fingerprint density at radius 1 is 0.944 bits per heavy atom. The molecule has 0 saturated heterocycles. The Hall–Kier alpha value is -1.82. The van der Waals surface area contributed by atoms with Gasteiger partial charge in [-0.3, -0.25) is 0 Å². The van der Waals surface area contributed by atoms with Crippen LogP contribution in [0.25, 0.3) is 0 Å². The molecule has 0 spiro atoms. The summed E-state index contributed by atoms with van der Waals surface area (Å²) in [5.41, 5.74) is 2.50. The van der Waals surface area contributed by atoms with E-state index in [1.165, 1.54) is 0 Å². The van der Waals surface area contributed by atoms with Gasteiger partial charge in [0, 0.05) is 5.02 Å². The molecule has 0 heterocycles. The minimum Gasteiger partial charge on any atom is -0.372 e. The quantitative estimate of drug-likeness (QED) is 0.831. The summed E-state index contributed by atoms with van der Waals surface area (Å²) in [7, 11) is 0. The SMILES string of the molecule is N#Cc1ccccc1COCc1ccccc1Cl. The van der Waals surface area contributed by atoms with Crippen LogP contribution < -0.4 is 0 Å². The van der Waals surface area contributed by atoms with E-state index < -0.39 is 0 Å². The third kappa shape index (κ3) is 3.10. The maximum absolute atomic E-state index is 8.95. The largest absolute Gasteiger partial charge is 0.372 e. The standard InChI is InChI=1S/C15H12ClNO/c16-15-8-4-3-7-14(15)11-18-10-13-6-2-1-5-12(13)9-17/h1-8H,10-11H2. The van der Waals surface area contributed by atoms with E-state index in [9.17, 15) is 0 Å². The minimum atomic E-state index is 0.412. The predicted octanol–water partition coefficient (Wildman–Crippen LogP) is 3.93. The fourth-order valence-corrected chi connectivity index (χ4v) is 1.83. The smallest absolute Gasteiger partial charge is 0.0995 e. The van der Waals surface area contributed by atoms with Crippen molar-refractivity contribution in [2.24, 2.45) is 0 Å². The molecule has 2 aromatic rings. The number of nitriles is 1. The van der Waals surface area contributed by atoms with Crippen molar-refractivity contribution < 1.29 is 4.74 Å². The van der Waals surface area contributed by atoms with E-state index in [-0.39, 0.29) is 0 Å². The molecule has 0 radical (unpaired) electrons. The molecule has 0 aliphatic carbocycles. The predicted molar refractivity (Wildman–Crippen MR) is 71.1 cm³/mol. The number of hydrogen-bond donors (Lipinski definition) is 0. The molecular weight excluding hydrogens is 246 g/mol. The van der Waals surface area contributed by atoms with Crippen LogP contribution in [0.5, 0.6) is 0 Å². The summed E-state index contributed by atoms with van der Waals surface area (Å²) in [4.78, 5) is 0. The molecule has 2 nitrogen and oxygen atoms in total. The lowest BCUT2D eigenvalue weighted by Crippen LogP contribution is -1.97. The summed E-state index contributed by atoms with van der Waals surface area (Å²) in [5.74, 6) is 0. The zero-order chi connectivity index (χ0) is 12.8. The summed E-state index contributed by atoms with van der Waals surface area (Å²) >= 11 is 6.03. The number of benzene rings is 2. The minimum absolute atomic E-state index is 0.412. The van der Waals surface area contributed by atoms with E-state index in [4.69, 9.17) is 21.6 Å². The van der Waals surface area contributed by atoms with Crippen molar-refractivity contribution in [2.45, 2.75) is 13.2 Å². The van der Waals surface area contributed by atoms with E-state index in [0.29, 0.717) is 23.8 Å². The molecule has 90 valence electrons. The van der Waals surface area contributed by atoms with Crippen LogP contribution in [-0.2, 0) is 18.0 Å². The Labute approximate surface area is 111 Å². The van der Waals surface area contributed by atoms with E-state index in [0.717, 1.165) is 11.1 Å². The molecule has 0 saturated carbocycles. The second kappa shape index (κ2) is 6.20. The molecule has 0 aliphatic rings. The van der Waals surface area contributed by atoms with E-state index in [1.54, 1.807) is 6.07 Å². The van der Waals surface area contributed by atoms with Crippen molar-refractivity contribution in [2.75, 3.05) is 0 Å². The highest BCUT2D eigenvalue weighted by atomic mass is 35.5. The van der Waals surface area contributed by atoms with E-state index in [2.05, 4.69) is 6.07 Å². The van der Waals surface area contributed by atoms with Gasteiger partial charge in [0.15, 0.2) is 0 Å². The molecule has 18 heavy (non-hydrogen) atoms. The summed E-state index contributed by atoms with van der Waals surface area (Å²) < 4.78 is 5.59. The van der Waals surface area contributed by atoms with Crippen LogP contribution >= 0.6 is 11.6 Å². The van der Waals surface area contributed by atoms with Crippen molar-refractivity contribution in [1.82, 2.24) is 0 Å². The fourth-order valence-electron chi connectivity index (χ4n) is 1.64. The highest BCUT2D eigenvalue weighted by Crippen LogP contribution is 2.17. The lowest BCUT2D eigenvalue weighted by atomic mass is 10.1. The molecule has 2 aromatic carbocycles. The average molecular weight is 258 g/mol. The third-order valence-corrected chi connectivity index (χ3v) is 2.98. The van der Waals surface area contributed by atoms with Crippen LogP contribution in [0, 0.1) is 11.3 Å². The zero-order valence-electron chi connectivity index (χ0n) is 9.77. The van der Waals surface area contributed by atoms with Crippen LogP contribution in [0.4, 0.5) is 0 Å². The summed E-state index contributed by atoms with van der Waals surface area (Å²) in [5, 5.41) is 9.65. The van der Waals surface area contributed by atoms with Gasteiger partial charge in [0.2, 0.25) is 0 Å². The third-order valence-electron chi connectivity index (χ3n) is 2.61. The molecule has 0 N–H and O–H groups in total. The van der Waals surface area contributed by atoms with Crippen molar-refractivity contribution in [3.8, 4) is 6.07 Å². The van der Waals surface area contributed by atoms with Crippen LogP contribution in [0.3, 0.4) is 0 Å². The number of rotatable bonds is 4. The summed E-state index contributed by atoms with van der Waals surface area (Å²) in [6, 6.07) is 17.1. The molecular formula is C15H12ClNO. The van der Waals surface area contributed by atoms with Gasteiger partial charge in [-0.15, -0.1) is 0 Å². The van der Waals surface area contributed by atoms with Gasteiger partial charge >= 0.3 is 0 Å². The van der Waals surface area contributed by atoms with Crippen LogP contribution in [-0.4, -0.2) is 0 Å². The van der Waals surface area contributed by atoms with Gasteiger partial charge in [0.25, 0.3) is 0 Å². The van der Waals surface area contributed by atoms with Crippen molar-refractivity contribution in [3.05, 3.63) is 70.2 Å². The Morgan fingerprint density at radius 2 is 1.56 bits per heavy atom. The molecule has 0 aromatic heterocycles. The molecule has 0 amide bonds. The number of hydrogen-bond acceptors (Lipinski definition) is 2.